The van der Waals surface area contributed by atoms with Crippen LogP contribution in [0.4, 0.5) is 11.4 Å². The van der Waals surface area contributed by atoms with Crippen LogP contribution in [0.2, 0.25) is 0 Å². The molecule has 128 valence electrons. The standard InChI is InChI=1S/C6H8N2.C2H6O.Na.H3O4P.H2O4S.H/c7-5-2-1-3-6(8)4-5;1-2-3;;2*1-5(2,3)4;/h1-4H,7-8H2;3H,2H2,1H3;;(H3,1,2,3,4);(H2,1,2,3,4);. The van der Waals surface area contributed by atoms with Gasteiger partial charge in [-0.3, -0.25) is 9.11 Å². The van der Waals surface area contributed by atoms with Crippen LogP contribution in [0, 0.1) is 0 Å². The average Bonchev–Trinajstić information content (AvgIpc) is 2.12. The molecule has 0 saturated carbocycles. The van der Waals surface area contributed by atoms with Crippen LogP contribution in [0.3, 0.4) is 0 Å². The van der Waals surface area contributed by atoms with Gasteiger partial charge in [0.1, 0.15) is 0 Å². The molecule has 11 nitrogen and oxygen atoms in total. The summed E-state index contributed by atoms with van der Waals surface area (Å²) in [6, 6.07) is 7.15. The van der Waals surface area contributed by atoms with E-state index in [1.165, 1.54) is 0 Å². The first kappa shape index (κ1) is 29.7. The second-order valence-electron chi connectivity index (χ2n) is 2.95. The predicted octanol–water partition coefficient (Wildman–Crippen LogP) is -1.38. The maximum atomic E-state index is 8.88. The second-order valence-corrected chi connectivity index (χ2v) is 4.87. The number of benzene rings is 1. The van der Waals surface area contributed by atoms with E-state index < -0.39 is 18.2 Å². The van der Waals surface area contributed by atoms with Crippen LogP contribution in [-0.4, -0.2) is 73.5 Å². The Kier molecular flexibility index (Phi) is 21.1. The summed E-state index contributed by atoms with van der Waals surface area (Å²) in [5, 5.41) is 7.57. The van der Waals surface area contributed by atoms with Crippen LogP contribution < -0.4 is 11.5 Å². The molecule has 0 aliphatic carbocycles. The third-order valence-corrected chi connectivity index (χ3v) is 0.911. The van der Waals surface area contributed by atoms with Crippen LogP contribution in [-0.2, 0) is 15.0 Å². The van der Waals surface area contributed by atoms with Crippen LogP contribution in [0.5, 0.6) is 0 Å². The van der Waals surface area contributed by atoms with E-state index in [4.69, 9.17) is 53.3 Å². The molecular weight excluding hydrogens is 354 g/mol. The van der Waals surface area contributed by atoms with Crippen molar-refractivity contribution in [2.45, 2.75) is 6.92 Å². The Balaban J connectivity index is -0.000000103. The van der Waals surface area contributed by atoms with Crippen molar-refractivity contribution in [3.05, 3.63) is 24.3 Å². The van der Waals surface area contributed by atoms with E-state index in [0.717, 1.165) is 0 Å². The zero-order valence-electron chi connectivity index (χ0n) is 10.9. The minimum atomic E-state index is -4.67. The van der Waals surface area contributed by atoms with Gasteiger partial charge in [0.2, 0.25) is 0 Å². The van der Waals surface area contributed by atoms with E-state index >= 15 is 0 Å². The van der Waals surface area contributed by atoms with E-state index in [1.54, 1.807) is 25.1 Å². The SMILES string of the molecule is CCO.Nc1cccc(N)c1.O=P(O)(O)O.O=S(=O)(O)O.[NaH]. The molecule has 0 aliphatic heterocycles. The first-order chi connectivity index (χ1) is 9.20. The van der Waals surface area contributed by atoms with Gasteiger partial charge in [-0.15, -0.1) is 0 Å². The summed E-state index contributed by atoms with van der Waals surface area (Å²) >= 11 is 0. The maximum absolute atomic E-state index is 8.88. The normalized spacial score (nSPS) is 9.41. The first-order valence-corrected chi connectivity index (χ1v) is 7.87. The molecule has 14 heteroatoms. The molecule has 0 amide bonds. The zero-order valence-corrected chi connectivity index (χ0v) is 12.6. The quantitative estimate of drug-likeness (QED) is 0.114. The molecule has 0 aliphatic rings. The molecule has 10 N–H and O–H groups in total. The van der Waals surface area contributed by atoms with Gasteiger partial charge in [-0.25, -0.2) is 4.57 Å². The Hall–Kier alpha value is -0.240. The topological polar surface area (TPSA) is 225 Å². The van der Waals surface area contributed by atoms with Gasteiger partial charge in [0.25, 0.3) is 0 Å². The van der Waals surface area contributed by atoms with Crippen LogP contribution >= 0.6 is 7.82 Å². The summed E-state index contributed by atoms with van der Waals surface area (Å²) in [5.41, 5.74) is 12.2. The van der Waals surface area contributed by atoms with Gasteiger partial charge >= 0.3 is 47.8 Å². The molecule has 0 aromatic heterocycles. The van der Waals surface area contributed by atoms with E-state index in [9.17, 15) is 0 Å². The number of anilines is 2. The molecule has 0 radical (unpaired) electrons. The van der Waals surface area contributed by atoms with Crippen molar-refractivity contribution in [2.24, 2.45) is 0 Å². The van der Waals surface area contributed by atoms with Gasteiger partial charge in [0.15, 0.2) is 0 Å². The number of hydrogen-bond acceptors (Lipinski definition) is 6. The van der Waals surface area contributed by atoms with Crippen LogP contribution in [0.1, 0.15) is 6.92 Å². The van der Waals surface area contributed by atoms with E-state index in [2.05, 4.69) is 0 Å². The van der Waals surface area contributed by atoms with Gasteiger partial charge < -0.3 is 31.3 Å². The Bertz CT molecular complexity index is 489. The monoisotopic (exact) mass is 374 g/mol. The molecule has 0 unspecified atom stereocenters. The minimum absolute atomic E-state index is 0. The van der Waals surface area contributed by atoms with Crippen molar-refractivity contribution in [3.63, 3.8) is 0 Å². The van der Waals surface area contributed by atoms with Crippen molar-refractivity contribution in [3.8, 4) is 0 Å². The summed E-state index contributed by atoms with van der Waals surface area (Å²) in [7, 11) is -9.31. The Morgan fingerprint density at radius 1 is 1.09 bits per heavy atom. The summed E-state index contributed by atoms with van der Waals surface area (Å²) in [6.07, 6.45) is 0. The summed E-state index contributed by atoms with van der Waals surface area (Å²) in [6.45, 7) is 1.93. The summed E-state index contributed by atoms with van der Waals surface area (Å²) in [5.74, 6) is 0. The molecule has 1 aromatic rings. The van der Waals surface area contributed by atoms with Crippen molar-refractivity contribution in [2.75, 3.05) is 18.1 Å². The third kappa shape index (κ3) is 73.0. The fourth-order valence-electron chi connectivity index (χ4n) is 0.559. The van der Waals surface area contributed by atoms with Crippen LogP contribution in [0.15, 0.2) is 24.3 Å². The van der Waals surface area contributed by atoms with Crippen molar-refractivity contribution in [1.29, 1.82) is 0 Å². The van der Waals surface area contributed by atoms with Gasteiger partial charge in [-0.1, -0.05) is 6.07 Å². The molecule has 22 heavy (non-hydrogen) atoms. The number of phosphoric acid groups is 1. The van der Waals surface area contributed by atoms with Crippen molar-refractivity contribution >= 4 is 59.2 Å². The number of nitrogens with two attached hydrogens (primary N) is 2. The van der Waals surface area contributed by atoms with E-state index in [-0.39, 0.29) is 36.2 Å². The summed E-state index contributed by atoms with van der Waals surface area (Å²) < 4.78 is 40.5. The summed E-state index contributed by atoms with van der Waals surface area (Å²) in [4.78, 5) is 21.6. The molecule has 1 rings (SSSR count). The fourth-order valence-corrected chi connectivity index (χ4v) is 0.559. The number of aliphatic hydroxyl groups excluding tert-OH is 1. The zero-order chi connectivity index (χ0) is 17.7. The Morgan fingerprint density at radius 3 is 1.36 bits per heavy atom. The van der Waals surface area contributed by atoms with Crippen LogP contribution in [0.25, 0.3) is 0 Å². The predicted molar refractivity (Wildman–Crippen MR) is 83.6 cm³/mol. The van der Waals surface area contributed by atoms with Crippen molar-refractivity contribution in [1.82, 2.24) is 0 Å². The Labute approximate surface area is 150 Å². The molecule has 0 saturated heterocycles. The van der Waals surface area contributed by atoms with Gasteiger partial charge in [-0.05, 0) is 25.1 Å². The van der Waals surface area contributed by atoms with E-state index in [0.29, 0.717) is 11.4 Å². The van der Waals surface area contributed by atoms with Crippen molar-refractivity contribution < 1.29 is 41.9 Å². The molecule has 0 spiro atoms. The molecule has 1 aromatic carbocycles. The van der Waals surface area contributed by atoms with Gasteiger partial charge in [0, 0.05) is 18.0 Å². The van der Waals surface area contributed by atoms with Gasteiger partial charge in [0.05, 0.1) is 0 Å². The average molecular weight is 374 g/mol. The molecule has 0 bridgehead atoms. The molecular formula is C8H20N2NaO9PS. The molecule has 0 fully saturated rings. The number of hydrogen-bond donors (Lipinski definition) is 8. The van der Waals surface area contributed by atoms with Gasteiger partial charge in [-0.2, -0.15) is 8.42 Å². The number of aliphatic hydroxyl groups is 1. The number of rotatable bonds is 0. The molecule has 0 heterocycles. The number of nitrogen functional groups attached to an aromatic ring is 2. The first-order valence-electron chi connectivity index (χ1n) is 4.90. The molecule has 0 atom stereocenters. The second kappa shape index (κ2) is 15.6. The third-order valence-electron chi connectivity index (χ3n) is 0.911. The Morgan fingerprint density at radius 2 is 1.27 bits per heavy atom. The van der Waals surface area contributed by atoms with E-state index in [1.807, 2.05) is 6.07 Å². The fraction of sp³-hybridized carbons (Fsp3) is 0.250.